The summed E-state index contributed by atoms with van der Waals surface area (Å²) in [5.74, 6) is 0.544. The summed E-state index contributed by atoms with van der Waals surface area (Å²) >= 11 is 13.2. The maximum atomic E-state index is 13.1. The van der Waals surface area contributed by atoms with Crippen molar-refractivity contribution in [2.24, 2.45) is 5.10 Å². The van der Waals surface area contributed by atoms with Crippen LogP contribution in [0.15, 0.2) is 46.7 Å². The van der Waals surface area contributed by atoms with E-state index in [2.05, 4.69) is 15.3 Å². The van der Waals surface area contributed by atoms with Gasteiger partial charge in [0.25, 0.3) is 6.43 Å². The fourth-order valence-corrected chi connectivity index (χ4v) is 3.41. The van der Waals surface area contributed by atoms with Crippen LogP contribution in [0.25, 0.3) is 0 Å². The molecule has 0 aliphatic rings. The van der Waals surface area contributed by atoms with Gasteiger partial charge in [0.15, 0.2) is 0 Å². The van der Waals surface area contributed by atoms with Gasteiger partial charge in [0.2, 0.25) is 11.0 Å². The average molecular weight is 473 g/mol. The lowest BCUT2D eigenvalue weighted by atomic mass is 10.1. The van der Waals surface area contributed by atoms with Crippen LogP contribution in [-0.2, 0) is 6.61 Å². The number of ether oxygens (including phenoxy) is 2. The number of methoxy groups -OCH3 is 1. The third kappa shape index (κ3) is 5.21. The van der Waals surface area contributed by atoms with Gasteiger partial charge < -0.3 is 9.47 Å². The fourth-order valence-electron chi connectivity index (χ4n) is 2.51. The molecule has 1 heterocycles. The number of hydrogen-bond acceptors (Lipinski definition) is 6. The summed E-state index contributed by atoms with van der Waals surface area (Å²) in [6.07, 6.45) is 0.350. The summed E-state index contributed by atoms with van der Waals surface area (Å²) in [5, 5.41) is 12.5. The van der Waals surface area contributed by atoms with E-state index in [1.165, 1.54) is 18.0 Å². The number of halogens is 4. The van der Waals surface area contributed by atoms with E-state index in [4.69, 9.17) is 32.7 Å². The van der Waals surface area contributed by atoms with Crippen LogP contribution in [0.1, 0.15) is 23.4 Å². The van der Waals surface area contributed by atoms with Crippen molar-refractivity contribution in [2.45, 2.75) is 18.2 Å². The first kappa shape index (κ1) is 22.3. The zero-order valence-electron chi connectivity index (χ0n) is 15.9. The maximum Gasteiger partial charge on any atom is 0.299 e. The molecule has 0 aliphatic carbocycles. The quantitative estimate of drug-likeness (QED) is 0.310. The van der Waals surface area contributed by atoms with Gasteiger partial charge in [0.1, 0.15) is 18.1 Å². The largest absolute Gasteiger partial charge is 0.496 e. The van der Waals surface area contributed by atoms with Crippen molar-refractivity contribution in [2.75, 3.05) is 13.4 Å². The van der Waals surface area contributed by atoms with Crippen LogP contribution in [0.3, 0.4) is 0 Å². The molecule has 0 saturated carbocycles. The molecule has 0 unspecified atom stereocenters. The summed E-state index contributed by atoms with van der Waals surface area (Å²) in [6.45, 7) is 0.164. The number of benzene rings is 2. The minimum Gasteiger partial charge on any atom is -0.496 e. The molecule has 3 rings (SSSR count). The molecule has 0 aliphatic heterocycles. The predicted octanol–water partition coefficient (Wildman–Crippen LogP) is 5.71. The number of thioether (sulfide) groups is 1. The van der Waals surface area contributed by atoms with Crippen LogP contribution in [0.2, 0.25) is 10.0 Å². The molecule has 0 radical (unpaired) electrons. The van der Waals surface area contributed by atoms with Gasteiger partial charge in [-0.3, -0.25) is 0 Å². The van der Waals surface area contributed by atoms with Gasteiger partial charge in [-0.05, 0) is 48.2 Å². The Bertz CT molecular complexity index is 1060. The van der Waals surface area contributed by atoms with Crippen molar-refractivity contribution >= 4 is 41.2 Å². The van der Waals surface area contributed by atoms with Crippen molar-refractivity contribution in [3.63, 3.8) is 0 Å². The van der Waals surface area contributed by atoms with E-state index in [-0.39, 0.29) is 11.8 Å². The number of nitrogens with zero attached hydrogens (tertiary/aromatic N) is 4. The molecular weight excluding hydrogens is 457 g/mol. The monoisotopic (exact) mass is 472 g/mol. The Hall–Kier alpha value is -2.36. The van der Waals surface area contributed by atoms with Crippen molar-refractivity contribution in [1.82, 2.24) is 14.9 Å². The molecule has 0 spiro atoms. The smallest absolute Gasteiger partial charge is 0.299 e. The molecule has 0 atom stereocenters. The van der Waals surface area contributed by atoms with Crippen LogP contribution in [0.5, 0.6) is 11.5 Å². The summed E-state index contributed by atoms with van der Waals surface area (Å²) in [7, 11) is 1.54. The van der Waals surface area contributed by atoms with Gasteiger partial charge in [0.05, 0.1) is 18.3 Å². The van der Waals surface area contributed by atoms with E-state index in [0.717, 1.165) is 10.2 Å². The predicted molar refractivity (Wildman–Crippen MR) is 114 cm³/mol. The zero-order valence-corrected chi connectivity index (χ0v) is 18.2. The molecule has 158 valence electrons. The number of hydrogen-bond donors (Lipinski definition) is 0. The molecule has 6 nitrogen and oxygen atoms in total. The molecular formula is C19H16Cl2F2N4O2S. The normalized spacial score (nSPS) is 11.4. The highest BCUT2D eigenvalue weighted by Gasteiger charge is 2.19. The third-order valence-electron chi connectivity index (χ3n) is 3.92. The van der Waals surface area contributed by atoms with Crippen LogP contribution in [-0.4, -0.2) is 34.5 Å². The number of rotatable bonds is 8. The van der Waals surface area contributed by atoms with Gasteiger partial charge in [0, 0.05) is 10.6 Å². The Morgan fingerprint density at radius 1 is 1.17 bits per heavy atom. The van der Waals surface area contributed by atoms with Crippen molar-refractivity contribution in [1.29, 1.82) is 0 Å². The minimum absolute atomic E-state index is 0.164. The van der Waals surface area contributed by atoms with Crippen molar-refractivity contribution in [3.8, 4) is 11.5 Å². The van der Waals surface area contributed by atoms with E-state index in [9.17, 15) is 8.78 Å². The molecule has 0 fully saturated rings. The van der Waals surface area contributed by atoms with E-state index in [1.54, 1.807) is 49.8 Å². The summed E-state index contributed by atoms with van der Waals surface area (Å²) in [4.78, 5) is 0. The Kier molecular flexibility index (Phi) is 7.52. The Morgan fingerprint density at radius 2 is 1.93 bits per heavy atom. The fraction of sp³-hybridized carbons (Fsp3) is 0.211. The van der Waals surface area contributed by atoms with Crippen LogP contribution >= 0.6 is 35.0 Å². The van der Waals surface area contributed by atoms with E-state index in [0.29, 0.717) is 27.1 Å². The zero-order chi connectivity index (χ0) is 21.7. The number of aromatic nitrogens is 3. The van der Waals surface area contributed by atoms with E-state index < -0.39 is 12.2 Å². The minimum atomic E-state index is -2.79. The number of alkyl halides is 2. The van der Waals surface area contributed by atoms with Crippen LogP contribution in [0, 0.1) is 0 Å². The summed E-state index contributed by atoms with van der Waals surface area (Å²) in [6, 6.07) is 10.2. The Balaban J connectivity index is 1.84. The molecule has 0 bridgehead atoms. The van der Waals surface area contributed by atoms with Gasteiger partial charge in [-0.2, -0.15) is 9.78 Å². The van der Waals surface area contributed by atoms with E-state index in [1.807, 2.05) is 0 Å². The van der Waals surface area contributed by atoms with Gasteiger partial charge in [-0.25, -0.2) is 8.78 Å². The topological polar surface area (TPSA) is 61.5 Å². The molecule has 2 aromatic carbocycles. The summed E-state index contributed by atoms with van der Waals surface area (Å²) in [5.41, 5.74) is 1.37. The summed E-state index contributed by atoms with van der Waals surface area (Å²) < 4.78 is 38.4. The highest BCUT2D eigenvalue weighted by atomic mass is 35.5. The van der Waals surface area contributed by atoms with Gasteiger partial charge in [-0.15, -0.1) is 10.2 Å². The van der Waals surface area contributed by atoms with Crippen LogP contribution < -0.4 is 9.47 Å². The molecule has 0 saturated heterocycles. The second-order valence-electron chi connectivity index (χ2n) is 5.84. The lowest BCUT2D eigenvalue weighted by molar-refractivity contribution is 0.135. The van der Waals surface area contributed by atoms with Crippen molar-refractivity contribution in [3.05, 3.63) is 63.4 Å². The Labute approximate surface area is 185 Å². The first-order valence-corrected chi connectivity index (χ1v) is 10.5. The van der Waals surface area contributed by atoms with Gasteiger partial charge in [-0.1, -0.05) is 35.0 Å². The average Bonchev–Trinajstić information content (AvgIpc) is 3.15. The lowest BCUT2D eigenvalue weighted by Crippen LogP contribution is -2.02. The Morgan fingerprint density at radius 3 is 2.60 bits per heavy atom. The maximum absolute atomic E-state index is 13.1. The molecule has 11 heteroatoms. The molecule has 3 aromatic rings. The highest BCUT2D eigenvalue weighted by molar-refractivity contribution is 7.98. The molecule has 0 amide bonds. The molecule has 30 heavy (non-hydrogen) atoms. The third-order valence-corrected chi connectivity index (χ3v) is 5.07. The standard InChI is InChI=1S/C19H16Cl2F2N4O2S/c1-28-15-5-3-11(9-24-27-18(17(22)23)25-26-19(27)30-2)7-12(15)10-29-16-6-4-13(20)8-14(16)21/h3-9,17H,10H2,1-2H3/b24-9-. The SMILES string of the molecule is COc1ccc(/C=N\n2c(SC)nnc2C(F)F)cc1COc1ccc(Cl)cc1Cl. The van der Waals surface area contributed by atoms with E-state index >= 15 is 0 Å². The first-order chi connectivity index (χ1) is 14.4. The lowest BCUT2D eigenvalue weighted by Gasteiger charge is -2.12. The highest BCUT2D eigenvalue weighted by Crippen LogP contribution is 2.29. The van der Waals surface area contributed by atoms with Gasteiger partial charge >= 0.3 is 0 Å². The van der Waals surface area contributed by atoms with Crippen LogP contribution in [0.4, 0.5) is 8.78 Å². The molecule has 0 N–H and O–H groups in total. The first-order valence-electron chi connectivity index (χ1n) is 8.49. The second kappa shape index (κ2) is 10.1. The molecule has 1 aromatic heterocycles. The van der Waals surface area contributed by atoms with Crippen molar-refractivity contribution < 1.29 is 18.3 Å². The second-order valence-corrected chi connectivity index (χ2v) is 7.45.